The summed E-state index contributed by atoms with van der Waals surface area (Å²) in [5.41, 5.74) is 1.23. The van der Waals surface area contributed by atoms with Gasteiger partial charge in [0.05, 0.1) is 31.3 Å². The lowest BCUT2D eigenvalue weighted by molar-refractivity contribution is -0.135. The summed E-state index contributed by atoms with van der Waals surface area (Å²) in [5, 5.41) is 2.64. The first-order valence-electron chi connectivity index (χ1n) is 8.11. The number of aromatic amines is 1. The van der Waals surface area contributed by atoms with Gasteiger partial charge in [0, 0.05) is 25.7 Å². The molecule has 138 valence electrons. The van der Waals surface area contributed by atoms with E-state index in [4.69, 9.17) is 4.74 Å². The maximum Gasteiger partial charge on any atom is 0.339 e. The summed E-state index contributed by atoms with van der Waals surface area (Å²) in [6, 6.07) is 0. The van der Waals surface area contributed by atoms with Gasteiger partial charge in [-0.2, -0.15) is 0 Å². The van der Waals surface area contributed by atoms with Crippen LogP contribution in [0.5, 0.6) is 0 Å². The van der Waals surface area contributed by atoms with Crippen LogP contribution < -0.4 is 5.32 Å². The second-order valence-corrected chi connectivity index (χ2v) is 5.56. The van der Waals surface area contributed by atoms with Gasteiger partial charge in [-0.25, -0.2) is 4.79 Å². The summed E-state index contributed by atoms with van der Waals surface area (Å²) in [4.78, 5) is 52.2. The smallest absolute Gasteiger partial charge is 0.339 e. The lowest BCUT2D eigenvalue weighted by Crippen LogP contribution is -2.41. The molecule has 0 saturated carbocycles. The number of esters is 1. The van der Waals surface area contributed by atoms with Crippen LogP contribution in [0.2, 0.25) is 0 Å². The van der Waals surface area contributed by atoms with E-state index in [1.54, 1.807) is 20.8 Å². The van der Waals surface area contributed by atoms with Crippen LogP contribution in [0, 0.1) is 6.92 Å². The Bertz CT molecular complexity index is 678. The third-order valence-electron chi connectivity index (χ3n) is 3.84. The van der Waals surface area contributed by atoms with E-state index in [1.165, 1.54) is 18.9 Å². The maximum atomic E-state index is 12.5. The number of Topliss-reactive ketones (excluding diaryl/α,β-unsaturated/α-hetero) is 1. The van der Waals surface area contributed by atoms with E-state index in [1.807, 2.05) is 0 Å². The van der Waals surface area contributed by atoms with Crippen LogP contribution in [0.3, 0.4) is 0 Å². The Balaban J connectivity index is 3.09. The van der Waals surface area contributed by atoms with E-state index >= 15 is 0 Å². The molecule has 0 bridgehead atoms. The molecule has 0 fully saturated rings. The number of likely N-dealkylation sites (N-methyl/N-ethyl adjacent to an activating group) is 2. The molecule has 8 heteroatoms. The minimum Gasteiger partial charge on any atom is -0.465 e. The number of hydrogen-bond donors (Lipinski definition) is 2. The van der Waals surface area contributed by atoms with Crippen molar-refractivity contribution in [3.63, 3.8) is 0 Å². The molecule has 0 radical (unpaired) electrons. The van der Waals surface area contributed by atoms with E-state index in [9.17, 15) is 19.2 Å². The first kappa shape index (κ1) is 20.4. The summed E-state index contributed by atoms with van der Waals surface area (Å²) in [5.74, 6) is -1.43. The van der Waals surface area contributed by atoms with Crippen LogP contribution in [0.25, 0.3) is 0 Å². The second kappa shape index (κ2) is 9.00. The average molecular weight is 351 g/mol. The minimum atomic E-state index is -0.615. The van der Waals surface area contributed by atoms with Gasteiger partial charge in [-0.05, 0) is 26.3 Å². The van der Waals surface area contributed by atoms with Crippen LogP contribution in [0.1, 0.15) is 52.9 Å². The standard InChI is InChI=1S/C17H25N3O5/c1-6-18-13(22)9-20(7-2)14(23)8-12-15(17(24)25-5)10(3)16(19-12)11(4)21/h19H,6-9H2,1-5H3,(H,18,22). The number of carbonyl (C=O) groups excluding carboxylic acids is 4. The second-order valence-electron chi connectivity index (χ2n) is 5.56. The summed E-state index contributed by atoms with van der Waals surface area (Å²) in [6.07, 6.45) is -0.133. The Labute approximate surface area is 146 Å². The SMILES string of the molecule is CCNC(=O)CN(CC)C(=O)Cc1[nH]c(C(C)=O)c(C)c1C(=O)OC. The van der Waals surface area contributed by atoms with Crippen molar-refractivity contribution in [2.45, 2.75) is 34.1 Å². The normalized spacial score (nSPS) is 10.3. The van der Waals surface area contributed by atoms with E-state index in [-0.39, 0.29) is 41.8 Å². The Morgan fingerprint density at radius 2 is 1.84 bits per heavy atom. The van der Waals surface area contributed by atoms with Crippen molar-refractivity contribution >= 4 is 23.6 Å². The fourth-order valence-corrected chi connectivity index (χ4v) is 2.59. The molecule has 25 heavy (non-hydrogen) atoms. The third-order valence-corrected chi connectivity index (χ3v) is 3.84. The maximum absolute atomic E-state index is 12.5. The number of carbonyl (C=O) groups is 4. The van der Waals surface area contributed by atoms with Crippen molar-refractivity contribution in [1.82, 2.24) is 15.2 Å². The number of methoxy groups -OCH3 is 1. The van der Waals surface area contributed by atoms with Gasteiger partial charge in [-0.15, -0.1) is 0 Å². The molecule has 1 aromatic heterocycles. The molecule has 0 aromatic carbocycles. The van der Waals surface area contributed by atoms with Gasteiger partial charge < -0.3 is 19.9 Å². The van der Waals surface area contributed by atoms with Crippen LogP contribution in [-0.4, -0.2) is 60.2 Å². The summed E-state index contributed by atoms with van der Waals surface area (Å²) >= 11 is 0. The molecule has 0 atom stereocenters. The number of ether oxygens (including phenoxy) is 1. The fourth-order valence-electron chi connectivity index (χ4n) is 2.59. The van der Waals surface area contributed by atoms with Crippen molar-refractivity contribution in [3.8, 4) is 0 Å². The number of nitrogens with zero attached hydrogens (tertiary/aromatic N) is 1. The van der Waals surface area contributed by atoms with E-state index < -0.39 is 5.97 Å². The van der Waals surface area contributed by atoms with Gasteiger partial charge in [-0.1, -0.05) is 0 Å². The van der Waals surface area contributed by atoms with Gasteiger partial charge in [0.25, 0.3) is 0 Å². The highest BCUT2D eigenvalue weighted by atomic mass is 16.5. The molecule has 1 heterocycles. The van der Waals surface area contributed by atoms with Crippen LogP contribution in [0.4, 0.5) is 0 Å². The molecule has 0 aliphatic heterocycles. The zero-order chi connectivity index (χ0) is 19.1. The molecule has 1 rings (SSSR count). The molecule has 8 nitrogen and oxygen atoms in total. The number of rotatable bonds is 8. The number of hydrogen-bond acceptors (Lipinski definition) is 5. The van der Waals surface area contributed by atoms with Gasteiger partial charge >= 0.3 is 5.97 Å². The molecule has 0 saturated heterocycles. The highest BCUT2D eigenvalue weighted by Crippen LogP contribution is 2.21. The molecular weight excluding hydrogens is 326 g/mol. The predicted octanol–water partition coefficient (Wildman–Crippen LogP) is 0.839. The third kappa shape index (κ3) is 4.91. The van der Waals surface area contributed by atoms with E-state index in [2.05, 4.69) is 10.3 Å². The van der Waals surface area contributed by atoms with Gasteiger partial charge in [0.15, 0.2) is 5.78 Å². The Kier molecular flexibility index (Phi) is 7.35. The molecule has 2 N–H and O–H groups in total. The highest BCUT2D eigenvalue weighted by Gasteiger charge is 2.26. The van der Waals surface area contributed by atoms with E-state index in [0.717, 1.165) is 0 Å². The highest BCUT2D eigenvalue weighted by molar-refractivity contribution is 6.01. The number of ketones is 1. The quantitative estimate of drug-likeness (QED) is 0.533. The molecular formula is C17H25N3O5. The van der Waals surface area contributed by atoms with Crippen molar-refractivity contribution in [2.75, 3.05) is 26.7 Å². The number of nitrogens with one attached hydrogen (secondary N) is 2. The van der Waals surface area contributed by atoms with Crippen LogP contribution in [0.15, 0.2) is 0 Å². The first-order valence-corrected chi connectivity index (χ1v) is 8.11. The molecule has 0 aliphatic rings. The van der Waals surface area contributed by atoms with Crippen molar-refractivity contribution in [1.29, 1.82) is 0 Å². The van der Waals surface area contributed by atoms with Crippen LogP contribution in [-0.2, 0) is 20.7 Å². The first-order chi connectivity index (χ1) is 11.8. The number of amides is 2. The minimum absolute atomic E-state index is 0.0595. The largest absolute Gasteiger partial charge is 0.465 e. The Morgan fingerprint density at radius 3 is 2.32 bits per heavy atom. The molecule has 0 aliphatic carbocycles. The van der Waals surface area contributed by atoms with Gasteiger partial charge in [0.2, 0.25) is 11.8 Å². The number of H-pyrrole nitrogens is 1. The molecule has 0 spiro atoms. The summed E-state index contributed by atoms with van der Waals surface area (Å²) in [7, 11) is 1.24. The monoisotopic (exact) mass is 351 g/mol. The lowest BCUT2D eigenvalue weighted by atomic mass is 10.1. The summed E-state index contributed by atoms with van der Waals surface area (Å²) < 4.78 is 4.76. The van der Waals surface area contributed by atoms with Crippen LogP contribution >= 0.6 is 0 Å². The Morgan fingerprint density at radius 1 is 1.20 bits per heavy atom. The van der Waals surface area contributed by atoms with E-state index in [0.29, 0.717) is 24.3 Å². The lowest BCUT2D eigenvalue weighted by Gasteiger charge is -2.20. The zero-order valence-corrected chi connectivity index (χ0v) is 15.3. The molecule has 0 unspecified atom stereocenters. The fraction of sp³-hybridized carbons (Fsp3) is 0.529. The Hall–Kier alpha value is -2.64. The molecule has 2 amide bonds. The van der Waals surface area contributed by atoms with Crippen molar-refractivity contribution in [2.24, 2.45) is 0 Å². The van der Waals surface area contributed by atoms with Gasteiger partial charge in [0.1, 0.15) is 0 Å². The van der Waals surface area contributed by atoms with Crippen molar-refractivity contribution < 1.29 is 23.9 Å². The molecule has 1 aromatic rings. The average Bonchev–Trinajstić information content (AvgIpc) is 2.88. The zero-order valence-electron chi connectivity index (χ0n) is 15.3. The number of aromatic nitrogens is 1. The topological polar surface area (TPSA) is 109 Å². The van der Waals surface area contributed by atoms with Crippen molar-refractivity contribution in [3.05, 3.63) is 22.5 Å². The predicted molar refractivity (Wildman–Crippen MR) is 91.5 cm³/mol. The summed E-state index contributed by atoms with van der Waals surface area (Å²) in [6.45, 7) is 7.33. The van der Waals surface area contributed by atoms with Gasteiger partial charge in [-0.3, -0.25) is 14.4 Å².